The highest BCUT2D eigenvalue weighted by molar-refractivity contribution is 5.75. The monoisotopic (exact) mass is 354 g/mol. The molecule has 8 heteroatoms. The van der Waals surface area contributed by atoms with Crippen LogP contribution in [0.4, 0.5) is 0 Å². The first-order valence-electron chi connectivity index (χ1n) is 8.53. The number of carbonyl (C=O) groups is 1. The second-order valence-corrected chi connectivity index (χ2v) is 6.23. The van der Waals surface area contributed by atoms with Crippen LogP contribution in [-0.2, 0) is 17.9 Å². The second kappa shape index (κ2) is 7.90. The number of aromatic nitrogens is 5. The third kappa shape index (κ3) is 4.14. The number of rotatable bonds is 7. The van der Waals surface area contributed by atoms with E-state index in [0.717, 1.165) is 22.6 Å². The molecule has 0 bridgehead atoms. The highest BCUT2D eigenvalue weighted by atomic mass is 16.5. The van der Waals surface area contributed by atoms with Crippen LogP contribution >= 0.6 is 0 Å². The highest BCUT2D eigenvalue weighted by Crippen LogP contribution is 2.15. The fourth-order valence-electron chi connectivity index (χ4n) is 2.66. The molecule has 0 saturated carbocycles. The van der Waals surface area contributed by atoms with E-state index in [-0.39, 0.29) is 5.91 Å². The van der Waals surface area contributed by atoms with Gasteiger partial charge in [-0.25, -0.2) is 0 Å². The van der Waals surface area contributed by atoms with Gasteiger partial charge in [-0.15, -0.1) is 10.2 Å². The predicted octanol–water partition coefficient (Wildman–Crippen LogP) is 2.38. The van der Waals surface area contributed by atoms with Crippen LogP contribution < -0.4 is 0 Å². The standard InChI is InChI=1S/C18H22N6O2/c1-13-16(14(2)26-21-13)12-23(3)17(25)10-7-11-24-20-18(19-22-24)15-8-5-4-6-9-15/h4-6,8-9H,7,10-12H2,1-3H3. The molecular weight excluding hydrogens is 332 g/mol. The third-order valence-corrected chi connectivity index (χ3v) is 4.24. The molecule has 0 aliphatic carbocycles. The van der Waals surface area contributed by atoms with Crippen molar-refractivity contribution in [3.63, 3.8) is 0 Å². The van der Waals surface area contributed by atoms with Crippen molar-refractivity contribution in [3.05, 3.63) is 47.3 Å². The van der Waals surface area contributed by atoms with Gasteiger partial charge in [0.2, 0.25) is 11.7 Å². The minimum atomic E-state index is 0.0633. The number of tetrazole rings is 1. The van der Waals surface area contributed by atoms with E-state index in [0.29, 0.717) is 31.8 Å². The molecule has 2 aromatic heterocycles. The molecule has 136 valence electrons. The van der Waals surface area contributed by atoms with Gasteiger partial charge >= 0.3 is 0 Å². The molecule has 0 aliphatic rings. The third-order valence-electron chi connectivity index (χ3n) is 4.24. The Balaban J connectivity index is 1.49. The number of benzene rings is 1. The summed E-state index contributed by atoms with van der Waals surface area (Å²) in [4.78, 5) is 15.5. The van der Waals surface area contributed by atoms with Gasteiger partial charge in [-0.2, -0.15) is 4.80 Å². The van der Waals surface area contributed by atoms with Crippen LogP contribution in [0.1, 0.15) is 29.9 Å². The van der Waals surface area contributed by atoms with Crippen molar-refractivity contribution in [1.82, 2.24) is 30.3 Å². The Bertz CT molecular complexity index is 851. The van der Waals surface area contributed by atoms with Crippen molar-refractivity contribution < 1.29 is 9.32 Å². The molecule has 0 spiro atoms. The molecule has 3 rings (SSSR count). The maximum Gasteiger partial charge on any atom is 0.222 e. The SMILES string of the molecule is Cc1noc(C)c1CN(C)C(=O)CCCn1nnc(-c2ccccc2)n1. The van der Waals surface area contributed by atoms with Crippen LogP contribution in [0.25, 0.3) is 11.4 Å². The number of nitrogens with zero attached hydrogens (tertiary/aromatic N) is 6. The molecule has 0 N–H and O–H groups in total. The smallest absolute Gasteiger partial charge is 0.222 e. The average molecular weight is 354 g/mol. The van der Waals surface area contributed by atoms with E-state index in [2.05, 4.69) is 20.6 Å². The largest absolute Gasteiger partial charge is 0.361 e. The first-order chi connectivity index (χ1) is 12.5. The van der Waals surface area contributed by atoms with Gasteiger partial charge in [0.25, 0.3) is 0 Å². The summed E-state index contributed by atoms with van der Waals surface area (Å²) in [6, 6.07) is 9.69. The molecule has 0 unspecified atom stereocenters. The van der Waals surface area contributed by atoms with E-state index in [1.165, 1.54) is 4.80 Å². The van der Waals surface area contributed by atoms with Crippen molar-refractivity contribution >= 4 is 5.91 Å². The first kappa shape index (κ1) is 17.8. The van der Waals surface area contributed by atoms with Crippen molar-refractivity contribution in [2.75, 3.05) is 7.05 Å². The first-order valence-corrected chi connectivity index (χ1v) is 8.53. The molecule has 0 saturated heterocycles. The van der Waals surface area contributed by atoms with Crippen molar-refractivity contribution in [3.8, 4) is 11.4 Å². The summed E-state index contributed by atoms with van der Waals surface area (Å²) in [5.41, 5.74) is 2.71. The summed E-state index contributed by atoms with van der Waals surface area (Å²) >= 11 is 0. The molecule has 0 radical (unpaired) electrons. The fraction of sp³-hybridized carbons (Fsp3) is 0.389. The maximum atomic E-state index is 12.3. The van der Waals surface area contributed by atoms with Crippen LogP contribution in [0.15, 0.2) is 34.9 Å². The summed E-state index contributed by atoms with van der Waals surface area (Å²) in [6.07, 6.45) is 1.07. The molecule has 3 aromatic rings. The predicted molar refractivity (Wildman–Crippen MR) is 94.9 cm³/mol. The Morgan fingerprint density at radius 2 is 2.00 bits per heavy atom. The number of hydrogen-bond acceptors (Lipinski definition) is 6. The lowest BCUT2D eigenvalue weighted by Crippen LogP contribution is -2.26. The molecule has 1 aromatic carbocycles. The minimum Gasteiger partial charge on any atom is -0.361 e. The Morgan fingerprint density at radius 1 is 1.23 bits per heavy atom. The maximum absolute atomic E-state index is 12.3. The molecule has 0 fully saturated rings. The second-order valence-electron chi connectivity index (χ2n) is 6.23. The van der Waals surface area contributed by atoms with Gasteiger partial charge in [-0.05, 0) is 25.5 Å². The van der Waals surface area contributed by atoms with E-state index in [1.807, 2.05) is 44.2 Å². The summed E-state index contributed by atoms with van der Waals surface area (Å²) < 4.78 is 5.14. The van der Waals surface area contributed by atoms with Crippen molar-refractivity contribution in [2.24, 2.45) is 0 Å². The van der Waals surface area contributed by atoms with E-state index >= 15 is 0 Å². The van der Waals surface area contributed by atoms with Crippen LogP contribution in [0.2, 0.25) is 0 Å². The summed E-state index contributed by atoms with van der Waals surface area (Å²) in [6.45, 7) is 4.78. The Kier molecular flexibility index (Phi) is 5.40. The van der Waals surface area contributed by atoms with Crippen LogP contribution in [0.3, 0.4) is 0 Å². The lowest BCUT2D eigenvalue weighted by Gasteiger charge is -2.16. The van der Waals surface area contributed by atoms with E-state index in [1.54, 1.807) is 11.9 Å². The molecule has 2 heterocycles. The van der Waals surface area contributed by atoms with Gasteiger partial charge in [0.15, 0.2) is 0 Å². The molecule has 0 aliphatic heterocycles. The van der Waals surface area contributed by atoms with E-state index in [4.69, 9.17) is 4.52 Å². The lowest BCUT2D eigenvalue weighted by atomic mass is 10.2. The summed E-state index contributed by atoms with van der Waals surface area (Å²) in [7, 11) is 1.79. The number of aryl methyl sites for hydroxylation is 3. The van der Waals surface area contributed by atoms with E-state index in [9.17, 15) is 4.79 Å². The Hall–Kier alpha value is -3.03. The van der Waals surface area contributed by atoms with Gasteiger partial charge in [-0.3, -0.25) is 4.79 Å². The summed E-state index contributed by atoms with van der Waals surface area (Å²) in [5.74, 6) is 1.41. The normalized spacial score (nSPS) is 10.9. The van der Waals surface area contributed by atoms with Crippen LogP contribution in [0, 0.1) is 13.8 Å². The van der Waals surface area contributed by atoms with Crippen LogP contribution in [-0.4, -0.2) is 43.2 Å². The van der Waals surface area contributed by atoms with Gasteiger partial charge < -0.3 is 9.42 Å². The highest BCUT2D eigenvalue weighted by Gasteiger charge is 2.15. The zero-order valence-electron chi connectivity index (χ0n) is 15.2. The van der Waals surface area contributed by atoms with Crippen molar-refractivity contribution in [1.29, 1.82) is 0 Å². The molecule has 8 nitrogen and oxygen atoms in total. The summed E-state index contributed by atoms with van der Waals surface area (Å²) in [5, 5.41) is 16.4. The molecule has 26 heavy (non-hydrogen) atoms. The fourth-order valence-corrected chi connectivity index (χ4v) is 2.66. The number of hydrogen-bond donors (Lipinski definition) is 0. The Morgan fingerprint density at radius 3 is 2.69 bits per heavy atom. The van der Waals surface area contributed by atoms with Gasteiger partial charge in [0, 0.05) is 24.6 Å². The van der Waals surface area contributed by atoms with Crippen LogP contribution in [0.5, 0.6) is 0 Å². The van der Waals surface area contributed by atoms with E-state index < -0.39 is 0 Å². The average Bonchev–Trinajstić information content (AvgIpc) is 3.24. The number of amides is 1. The van der Waals surface area contributed by atoms with Gasteiger partial charge in [0.05, 0.1) is 18.8 Å². The molecular formula is C18H22N6O2. The molecule has 0 atom stereocenters. The lowest BCUT2D eigenvalue weighted by molar-refractivity contribution is -0.130. The zero-order valence-corrected chi connectivity index (χ0v) is 15.2. The quantitative estimate of drug-likeness (QED) is 0.647. The number of carbonyl (C=O) groups excluding carboxylic acids is 1. The zero-order chi connectivity index (χ0) is 18.5. The topological polar surface area (TPSA) is 89.9 Å². The van der Waals surface area contributed by atoms with Gasteiger partial charge in [0.1, 0.15) is 5.76 Å². The van der Waals surface area contributed by atoms with Gasteiger partial charge in [-0.1, -0.05) is 35.5 Å². The van der Waals surface area contributed by atoms with Crippen molar-refractivity contribution in [2.45, 2.75) is 39.8 Å². The Labute approximate surface area is 151 Å². The molecule has 1 amide bonds. The minimum absolute atomic E-state index is 0.0633.